The van der Waals surface area contributed by atoms with Gasteiger partial charge in [0, 0.05) is 39.4 Å². The smallest absolute Gasteiger partial charge is 0.303 e. The second kappa shape index (κ2) is 10.00. The Morgan fingerprint density at radius 3 is 2.04 bits per heavy atom. The molecule has 0 aliphatic carbocycles. The van der Waals surface area contributed by atoms with E-state index in [-0.39, 0.29) is 18.4 Å². The van der Waals surface area contributed by atoms with Gasteiger partial charge in [-0.25, -0.2) is 0 Å². The maximum Gasteiger partial charge on any atom is 0.303 e. The summed E-state index contributed by atoms with van der Waals surface area (Å²) in [7, 11) is 0. The lowest BCUT2D eigenvalue weighted by molar-refractivity contribution is -0.334. The number of halogens is 1. The molecule has 0 radical (unpaired) electrons. The van der Waals surface area contributed by atoms with E-state index in [2.05, 4.69) is 15.9 Å². The van der Waals surface area contributed by atoms with Crippen LogP contribution in [0.1, 0.15) is 34.1 Å². The molecule has 1 fully saturated rings. The monoisotopic (exact) mass is 454 g/mol. The van der Waals surface area contributed by atoms with Gasteiger partial charge in [0.25, 0.3) is 0 Å². The quantitative estimate of drug-likeness (QED) is 0.323. The second-order valence-corrected chi connectivity index (χ2v) is 6.71. The zero-order valence-electron chi connectivity index (χ0n) is 15.4. The van der Waals surface area contributed by atoms with Crippen LogP contribution in [0.2, 0.25) is 0 Å². The van der Waals surface area contributed by atoms with Crippen LogP contribution in [0.4, 0.5) is 0 Å². The molecule has 0 saturated carbocycles. The lowest BCUT2D eigenvalue weighted by atomic mass is 9.83. The summed E-state index contributed by atoms with van der Waals surface area (Å²) in [4.78, 5) is 46.1. The van der Waals surface area contributed by atoms with Crippen molar-refractivity contribution in [3.05, 3.63) is 0 Å². The summed E-state index contributed by atoms with van der Waals surface area (Å²) in [6.45, 7) is 4.13. The van der Waals surface area contributed by atoms with Crippen LogP contribution in [0, 0.1) is 0 Å². The SMILES string of the molecule is CC(=O)OC[C@H]1O[C@@H](O)[C@](CCBr)(OC(C)=O)[C@@H](OC(C)=O)[C@@H]1OC(C)=O. The summed E-state index contributed by atoms with van der Waals surface area (Å²) in [5, 5.41) is 10.8. The fraction of sp³-hybridized carbons (Fsp3) is 0.750. The van der Waals surface area contributed by atoms with Gasteiger partial charge in [-0.2, -0.15) is 0 Å². The number of carbonyl (C=O) groups is 4. The molecule has 1 N–H and O–H groups in total. The molecule has 1 rings (SSSR count). The van der Waals surface area contributed by atoms with E-state index in [1.165, 1.54) is 0 Å². The summed E-state index contributed by atoms with van der Waals surface area (Å²) in [6, 6.07) is 0. The van der Waals surface area contributed by atoms with Crippen LogP contribution in [-0.2, 0) is 42.9 Å². The molecule has 1 heterocycles. The number of carbonyl (C=O) groups excluding carboxylic acids is 4. The van der Waals surface area contributed by atoms with Gasteiger partial charge in [-0.3, -0.25) is 19.2 Å². The molecule has 27 heavy (non-hydrogen) atoms. The van der Waals surface area contributed by atoms with Crippen LogP contribution in [0.3, 0.4) is 0 Å². The fourth-order valence-electron chi connectivity index (χ4n) is 2.82. The Hall–Kier alpha value is -1.72. The minimum absolute atomic E-state index is 0.0241. The molecule has 0 spiro atoms. The Morgan fingerprint density at radius 1 is 1.00 bits per heavy atom. The van der Waals surface area contributed by atoms with E-state index in [0.29, 0.717) is 0 Å². The van der Waals surface area contributed by atoms with Crippen molar-refractivity contribution in [2.45, 2.75) is 64.3 Å². The van der Waals surface area contributed by atoms with Crippen molar-refractivity contribution in [2.75, 3.05) is 11.9 Å². The van der Waals surface area contributed by atoms with Crippen LogP contribution < -0.4 is 0 Å². The van der Waals surface area contributed by atoms with Crippen molar-refractivity contribution in [2.24, 2.45) is 0 Å². The molecule has 154 valence electrons. The maximum absolute atomic E-state index is 11.7. The Balaban J connectivity index is 3.40. The van der Waals surface area contributed by atoms with E-state index in [1.807, 2.05) is 0 Å². The Morgan fingerprint density at radius 2 is 1.59 bits per heavy atom. The summed E-state index contributed by atoms with van der Waals surface area (Å²) < 4.78 is 26.2. The molecule has 5 atom stereocenters. The summed E-state index contributed by atoms with van der Waals surface area (Å²) in [5.41, 5.74) is -1.84. The number of alkyl halides is 1. The highest BCUT2D eigenvalue weighted by molar-refractivity contribution is 9.09. The van der Waals surface area contributed by atoms with E-state index in [0.717, 1.165) is 27.7 Å². The van der Waals surface area contributed by atoms with Gasteiger partial charge in [0.2, 0.25) is 5.60 Å². The topological polar surface area (TPSA) is 135 Å². The minimum Gasteiger partial charge on any atom is -0.463 e. The van der Waals surface area contributed by atoms with Gasteiger partial charge in [-0.15, -0.1) is 0 Å². The third kappa shape index (κ3) is 6.15. The molecule has 11 heteroatoms. The molecule has 0 bridgehead atoms. The number of aliphatic hydroxyl groups excluding tert-OH is 1. The second-order valence-electron chi connectivity index (χ2n) is 5.92. The summed E-state index contributed by atoms with van der Waals surface area (Å²) in [6.07, 6.45) is -5.62. The van der Waals surface area contributed by atoms with E-state index >= 15 is 0 Å². The highest BCUT2D eigenvalue weighted by atomic mass is 79.9. The molecule has 0 aromatic carbocycles. The van der Waals surface area contributed by atoms with Crippen LogP contribution in [0.25, 0.3) is 0 Å². The van der Waals surface area contributed by atoms with Crippen molar-refractivity contribution in [1.82, 2.24) is 0 Å². The van der Waals surface area contributed by atoms with Crippen LogP contribution in [0.5, 0.6) is 0 Å². The zero-order chi connectivity index (χ0) is 20.8. The first-order valence-corrected chi connectivity index (χ1v) is 9.22. The van der Waals surface area contributed by atoms with Crippen LogP contribution >= 0.6 is 15.9 Å². The normalized spacial score (nSPS) is 30.1. The number of hydrogen-bond acceptors (Lipinski definition) is 10. The Labute approximate surface area is 164 Å². The molecular formula is C16H23BrO10. The van der Waals surface area contributed by atoms with E-state index in [4.69, 9.17) is 23.7 Å². The molecule has 1 aliphatic rings. The van der Waals surface area contributed by atoms with Crippen molar-refractivity contribution >= 4 is 39.8 Å². The predicted octanol–water partition coefficient (Wildman–Crippen LogP) is 0.217. The average molecular weight is 455 g/mol. The lowest BCUT2D eigenvalue weighted by Gasteiger charge is -2.50. The van der Waals surface area contributed by atoms with Crippen molar-refractivity contribution in [3.8, 4) is 0 Å². The molecular weight excluding hydrogens is 432 g/mol. The van der Waals surface area contributed by atoms with Crippen LogP contribution in [0.15, 0.2) is 0 Å². The van der Waals surface area contributed by atoms with Gasteiger partial charge in [-0.05, 0) is 0 Å². The molecule has 1 aliphatic heterocycles. The maximum atomic E-state index is 11.7. The summed E-state index contributed by atoms with van der Waals surface area (Å²) in [5.74, 6) is -2.89. The fourth-order valence-corrected chi connectivity index (χ4v) is 3.44. The Kier molecular flexibility index (Phi) is 8.63. The Bertz CT molecular complexity index is 580. The lowest BCUT2D eigenvalue weighted by Crippen LogP contribution is -2.70. The zero-order valence-corrected chi connectivity index (χ0v) is 17.0. The third-order valence-corrected chi connectivity index (χ3v) is 4.13. The van der Waals surface area contributed by atoms with Gasteiger partial charge in [0.1, 0.15) is 12.7 Å². The first-order valence-electron chi connectivity index (χ1n) is 8.10. The van der Waals surface area contributed by atoms with Gasteiger partial charge in [-0.1, -0.05) is 15.9 Å². The summed E-state index contributed by atoms with van der Waals surface area (Å²) >= 11 is 3.19. The molecule has 0 amide bonds. The highest BCUT2D eigenvalue weighted by Gasteiger charge is 2.61. The number of ether oxygens (including phenoxy) is 5. The first kappa shape index (κ1) is 23.3. The van der Waals surface area contributed by atoms with Crippen molar-refractivity contribution in [3.63, 3.8) is 0 Å². The average Bonchev–Trinajstić information content (AvgIpc) is 2.51. The molecule has 0 aromatic rings. The number of rotatable bonds is 7. The molecule has 0 unspecified atom stereocenters. The highest BCUT2D eigenvalue weighted by Crippen LogP contribution is 2.39. The molecule has 0 aromatic heterocycles. The van der Waals surface area contributed by atoms with Gasteiger partial charge in [0.15, 0.2) is 18.5 Å². The standard InChI is InChI=1S/C16H23BrO10/c1-8(18)23-7-12-13(24-9(2)19)14(25-10(3)20)16(5-6-17,15(22)26-12)27-11(4)21/h12-15,22H,5-7H2,1-4H3/t12-,13-,14+,15-,16-/m1/s1. The molecule has 10 nitrogen and oxygen atoms in total. The van der Waals surface area contributed by atoms with Crippen molar-refractivity contribution in [1.29, 1.82) is 0 Å². The van der Waals surface area contributed by atoms with Gasteiger partial charge < -0.3 is 28.8 Å². The minimum atomic E-state index is -1.84. The number of esters is 4. The largest absolute Gasteiger partial charge is 0.463 e. The van der Waals surface area contributed by atoms with Crippen molar-refractivity contribution < 1.29 is 48.0 Å². The van der Waals surface area contributed by atoms with E-state index in [1.54, 1.807) is 0 Å². The number of hydrogen-bond donors (Lipinski definition) is 1. The third-order valence-electron chi connectivity index (χ3n) is 3.73. The predicted molar refractivity (Wildman–Crippen MR) is 91.5 cm³/mol. The van der Waals surface area contributed by atoms with Gasteiger partial charge in [0.05, 0.1) is 0 Å². The van der Waals surface area contributed by atoms with E-state index in [9.17, 15) is 24.3 Å². The van der Waals surface area contributed by atoms with Crippen LogP contribution in [-0.4, -0.2) is 71.1 Å². The number of aliphatic hydroxyl groups is 1. The first-order chi connectivity index (χ1) is 12.5. The van der Waals surface area contributed by atoms with Gasteiger partial charge >= 0.3 is 23.9 Å². The molecule has 1 saturated heterocycles. The van der Waals surface area contributed by atoms with E-state index < -0.39 is 54.1 Å².